The van der Waals surface area contributed by atoms with Crippen molar-refractivity contribution in [3.8, 4) is 11.1 Å². The number of carbonyl (C=O) groups excluding carboxylic acids is 2. The predicted molar refractivity (Wildman–Crippen MR) is 129 cm³/mol. The van der Waals surface area contributed by atoms with Gasteiger partial charge in [-0.15, -0.1) is 0 Å². The summed E-state index contributed by atoms with van der Waals surface area (Å²) in [4.78, 5) is 35.4. The number of hydrogen-bond acceptors (Lipinski definition) is 4. The van der Waals surface area contributed by atoms with Crippen LogP contribution in [0.5, 0.6) is 0 Å². The molecule has 0 radical (unpaired) electrons. The maximum Gasteiger partial charge on any atom is 0.407 e. The second kappa shape index (κ2) is 10.2. The lowest BCUT2D eigenvalue weighted by Crippen LogP contribution is -2.27. The summed E-state index contributed by atoms with van der Waals surface area (Å²) in [5.74, 6) is -1.22. The van der Waals surface area contributed by atoms with Crippen molar-refractivity contribution in [2.75, 3.05) is 18.5 Å². The normalized spacial score (nSPS) is 11.9. The lowest BCUT2D eigenvalue weighted by molar-refractivity contribution is -0.116. The van der Waals surface area contributed by atoms with Crippen molar-refractivity contribution in [1.29, 1.82) is 0 Å². The Labute approximate surface area is 197 Å². The molecule has 0 saturated carbocycles. The Hall–Kier alpha value is -4.13. The van der Waals surface area contributed by atoms with E-state index in [2.05, 4.69) is 34.9 Å². The minimum absolute atomic E-state index is 0.0000927. The van der Waals surface area contributed by atoms with Crippen LogP contribution in [0.4, 0.5) is 10.5 Å². The fraction of sp³-hybridized carbons (Fsp3) is 0.222. The highest BCUT2D eigenvalue weighted by molar-refractivity contribution is 5.93. The highest BCUT2D eigenvalue weighted by atomic mass is 16.5. The summed E-state index contributed by atoms with van der Waals surface area (Å²) in [6.07, 6.45) is 0.146. The third-order valence-electron chi connectivity index (χ3n) is 5.93. The molecule has 7 nitrogen and oxygen atoms in total. The Bertz CT molecular complexity index is 1190. The molecule has 34 heavy (non-hydrogen) atoms. The first-order chi connectivity index (χ1) is 16.4. The molecular weight excluding hydrogens is 432 g/mol. The third-order valence-corrected chi connectivity index (χ3v) is 5.93. The molecule has 3 aromatic carbocycles. The quantitative estimate of drug-likeness (QED) is 0.414. The number of aromatic carboxylic acids is 1. The summed E-state index contributed by atoms with van der Waals surface area (Å²) in [5.41, 5.74) is 5.96. The number of amides is 2. The summed E-state index contributed by atoms with van der Waals surface area (Å²) in [6, 6.07) is 20.9. The molecule has 0 fully saturated rings. The van der Waals surface area contributed by atoms with E-state index < -0.39 is 12.1 Å². The zero-order valence-corrected chi connectivity index (χ0v) is 18.8. The molecule has 1 aliphatic carbocycles. The van der Waals surface area contributed by atoms with Crippen LogP contribution in [0, 0.1) is 6.92 Å². The number of benzene rings is 3. The molecule has 174 valence electrons. The van der Waals surface area contributed by atoms with Gasteiger partial charge in [0.2, 0.25) is 5.91 Å². The molecule has 0 heterocycles. The van der Waals surface area contributed by atoms with Gasteiger partial charge < -0.3 is 20.5 Å². The average molecular weight is 459 g/mol. The molecule has 1 aliphatic rings. The highest BCUT2D eigenvalue weighted by Gasteiger charge is 2.28. The van der Waals surface area contributed by atoms with E-state index in [1.165, 1.54) is 17.2 Å². The van der Waals surface area contributed by atoms with E-state index in [-0.39, 0.29) is 30.4 Å². The average Bonchev–Trinajstić information content (AvgIpc) is 3.14. The number of aryl methyl sites for hydroxylation is 1. The summed E-state index contributed by atoms with van der Waals surface area (Å²) >= 11 is 0. The first-order valence-electron chi connectivity index (χ1n) is 11.2. The van der Waals surface area contributed by atoms with E-state index >= 15 is 0 Å². The van der Waals surface area contributed by atoms with Crippen LogP contribution in [-0.4, -0.2) is 36.2 Å². The van der Waals surface area contributed by atoms with Gasteiger partial charge in [-0.05, 0) is 59.4 Å². The smallest absolute Gasteiger partial charge is 0.407 e. The molecule has 0 bridgehead atoms. The standard InChI is InChI=1S/C27H26N2O5/c1-17-15-18(12-13-19(17)26(31)32)29-25(30)11-6-14-28-27(33)34-16-24-22-9-4-2-7-20(22)21-8-3-5-10-23(21)24/h2-5,7-10,12-13,15,24H,6,11,14,16H2,1H3,(H,28,33)(H,29,30)(H,31,32). The summed E-state index contributed by atoms with van der Waals surface area (Å²) in [6.45, 7) is 2.23. The molecule has 0 atom stereocenters. The van der Waals surface area contributed by atoms with Crippen molar-refractivity contribution in [3.05, 3.63) is 89.0 Å². The zero-order valence-electron chi connectivity index (χ0n) is 18.8. The van der Waals surface area contributed by atoms with E-state index in [4.69, 9.17) is 9.84 Å². The van der Waals surface area contributed by atoms with Crippen molar-refractivity contribution in [2.45, 2.75) is 25.7 Å². The molecule has 2 amide bonds. The number of rotatable bonds is 8. The van der Waals surface area contributed by atoms with Gasteiger partial charge in [0.05, 0.1) is 5.56 Å². The number of hydrogen-bond donors (Lipinski definition) is 3. The first kappa shape index (κ1) is 23.0. The van der Waals surface area contributed by atoms with Crippen molar-refractivity contribution in [3.63, 3.8) is 0 Å². The molecule has 7 heteroatoms. The molecule has 0 aromatic heterocycles. The summed E-state index contributed by atoms with van der Waals surface area (Å²) < 4.78 is 5.49. The van der Waals surface area contributed by atoms with Crippen LogP contribution in [-0.2, 0) is 9.53 Å². The van der Waals surface area contributed by atoms with E-state index in [1.807, 2.05) is 24.3 Å². The van der Waals surface area contributed by atoms with Crippen LogP contribution in [0.3, 0.4) is 0 Å². The topological polar surface area (TPSA) is 105 Å². The predicted octanol–water partition coefficient (Wildman–Crippen LogP) is 4.95. The monoisotopic (exact) mass is 458 g/mol. The molecule has 0 unspecified atom stereocenters. The lowest BCUT2D eigenvalue weighted by Gasteiger charge is -2.14. The van der Waals surface area contributed by atoms with Crippen LogP contribution >= 0.6 is 0 Å². The van der Waals surface area contributed by atoms with Gasteiger partial charge in [-0.25, -0.2) is 9.59 Å². The minimum Gasteiger partial charge on any atom is -0.478 e. The van der Waals surface area contributed by atoms with Gasteiger partial charge in [-0.3, -0.25) is 4.79 Å². The van der Waals surface area contributed by atoms with Crippen molar-refractivity contribution < 1.29 is 24.2 Å². The van der Waals surface area contributed by atoms with Crippen LogP contribution < -0.4 is 10.6 Å². The number of alkyl carbamates (subject to hydrolysis) is 1. The SMILES string of the molecule is Cc1cc(NC(=O)CCCNC(=O)OCC2c3ccccc3-c3ccccc32)ccc1C(=O)O. The fourth-order valence-corrected chi connectivity index (χ4v) is 4.29. The number of nitrogens with one attached hydrogen (secondary N) is 2. The molecule has 4 rings (SSSR count). The molecule has 3 aromatic rings. The van der Waals surface area contributed by atoms with Crippen molar-refractivity contribution >= 4 is 23.7 Å². The van der Waals surface area contributed by atoms with E-state index in [0.717, 1.165) is 11.1 Å². The lowest BCUT2D eigenvalue weighted by atomic mass is 9.98. The minimum atomic E-state index is -1.00. The number of anilines is 1. The van der Waals surface area contributed by atoms with Crippen LogP contribution in [0.1, 0.15) is 45.8 Å². The summed E-state index contributed by atoms with van der Waals surface area (Å²) in [5, 5.41) is 14.5. The fourth-order valence-electron chi connectivity index (χ4n) is 4.29. The van der Waals surface area contributed by atoms with Gasteiger partial charge >= 0.3 is 12.1 Å². The molecular formula is C27H26N2O5. The zero-order chi connectivity index (χ0) is 24.1. The van der Waals surface area contributed by atoms with Crippen LogP contribution in [0.2, 0.25) is 0 Å². The van der Waals surface area contributed by atoms with Gasteiger partial charge in [0.25, 0.3) is 0 Å². The Morgan fingerprint density at radius 2 is 1.59 bits per heavy atom. The second-order valence-electron chi connectivity index (χ2n) is 8.24. The van der Waals surface area contributed by atoms with E-state index in [0.29, 0.717) is 24.2 Å². The van der Waals surface area contributed by atoms with E-state index in [9.17, 15) is 14.4 Å². The van der Waals surface area contributed by atoms with Gasteiger partial charge in [0.1, 0.15) is 6.61 Å². The highest BCUT2D eigenvalue weighted by Crippen LogP contribution is 2.44. The maximum absolute atomic E-state index is 12.2. The van der Waals surface area contributed by atoms with Crippen molar-refractivity contribution in [1.82, 2.24) is 5.32 Å². The number of ether oxygens (including phenoxy) is 1. The number of carboxylic acids is 1. The second-order valence-corrected chi connectivity index (χ2v) is 8.24. The van der Waals surface area contributed by atoms with Gasteiger partial charge in [0, 0.05) is 24.6 Å². The number of fused-ring (bicyclic) bond motifs is 3. The van der Waals surface area contributed by atoms with E-state index in [1.54, 1.807) is 19.1 Å². The Kier molecular flexibility index (Phi) is 6.92. The molecule has 3 N–H and O–H groups in total. The number of carboxylic acid groups (broad SMARTS) is 1. The molecule has 0 aliphatic heterocycles. The Balaban J connectivity index is 1.21. The first-order valence-corrected chi connectivity index (χ1v) is 11.2. The van der Waals surface area contributed by atoms with Crippen LogP contribution in [0.25, 0.3) is 11.1 Å². The summed E-state index contributed by atoms with van der Waals surface area (Å²) in [7, 11) is 0. The molecule has 0 saturated heterocycles. The van der Waals surface area contributed by atoms with Gasteiger partial charge in [0.15, 0.2) is 0 Å². The van der Waals surface area contributed by atoms with Crippen LogP contribution in [0.15, 0.2) is 66.7 Å². The number of carbonyl (C=O) groups is 3. The largest absolute Gasteiger partial charge is 0.478 e. The molecule has 0 spiro atoms. The maximum atomic E-state index is 12.2. The Morgan fingerprint density at radius 1 is 0.941 bits per heavy atom. The van der Waals surface area contributed by atoms with Gasteiger partial charge in [-0.1, -0.05) is 48.5 Å². The third kappa shape index (κ3) is 5.09. The van der Waals surface area contributed by atoms with Gasteiger partial charge in [-0.2, -0.15) is 0 Å². The Morgan fingerprint density at radius 3 is 2.21 bits per heavy atom. The van der Waals surface area contributed by atoms with Crippen molar-refractivity contribution in [2.24, 2.45) is 0 Å².